The molecular weight excluding hydrogens is 442 g/mol. The molecule has 0 bridgehead atoms. The Kier molecular flexibility index (Phi) is 6.54. The van der Waals surface area contributed by atoms with Crippen LogP contribution in [0.4, 0.5) is 11.6 Å². The lowest BCUT2D eigenvalue weighted by Gasteiger charge is -2.39. The van der Waals surface area contributed by atoms with Crippen LogP contribution in [0.15, 0.2) is 29.2 Å². The van der Waals surface area contributed by atoms with Crippen LogP contribution in [0.2, 0.25) is 0 Å². The maximum atomic E-state index is 13.6. The van der Waals surface area contributed by atoms with Gasteiger partial charge in [-0.2, -0.15) is 5.26 Å². The highest BCUT2D eigenvalue weighted by molar-refractivity contribution is 7.98. The van der Waals surface area contributed by atoms with Gasteiger partial charge in [-0.05, 0) is 92.2 Å². The molecule has 3 aliphatic rings. The number of pyridine rings is 1. The summed E-state index contributed by atoms with van der Waals surface area (Å²) in [7, 11) is 0. The summed E-state index contributed by atoms with van der Waals surface area (Å²) in [5, 5.41) is 15.9. The van der Waals surface area contributed by atoms with E-state index >= 15 is 0 Å². The molecule has 6 nitrogen and oxygen atoms in total. The monoisotopic (exact) mass is 475 g/mol. The Balaban J connectivity index is 1.42. The van der Waals surface area contributed by atoms with Crippen LogP contribution in [0, 0.1) is 11.3 Å². The Bertz CT molecular complexity index is 1130. The largest absolute Gasteiger partial charge is 0.369 e. The minimum Gasteiger partial charge on any atom is -0.369 e. The van der Waals surface area contributed by atoms with E-state index in [9.17, 15) is 4.79 Å². The van der Waals surface area contributed by atoms with Gasteiger partial charge in [-0.15, -0.1) is 11.8 Å². The molecule has 2 aliphatic carbocycles. The first-order chi connectivity index (χ1) is 16.5. The number of aromatic nitrogens is 1. The predicted molar refractivity (Wildman–Crippen MR) is 137 cm³/mol. The van der Waals surface area contributed by atoms with E-state index < -0.39 is 0 Å². The summed E-state index contributed by atoms with van der Waals surface area (Å²) >= 11 is 1.71. The standard InChI is InChI=1S/C27H33N5OS/c1-27(8-4-9-27)30-16-18-12-21-22(23(13-18)34-2)17-32(26(21)33)25-15-20(19-6-3-7-19)14-24(31-25)29-11-5-10-28/h12-15,19,30H,3-9,11,16-17H2,1-2H3,(H,29,31). The van der Waals surface area contributed by atoms with Gasteiger partial charge in [-0.25, -0.2) is 4.98 Å². The van der Waals surface area contributed by atoms with Crippen LogP contribution in [0.25, 0.3) is 0 Å². The van der Waals surface area contributed by atoms with E-state index in [4.69, 9.17) is 10.2 Å². The average molecular weight is 476 g/mol. The Labute approximate surface area is 206 Å². The fraction of sp³-hybridized carbons (Fsp3) is 0.519. The first-order valence-corrected chi connectivity index (χ1v) is 13.6. The van der Waals surface area contributed by atoms with Crippen molar-refractivity contribution in [2.24, 2.45) is 0 Å². The van der Waals surface area contributed by atoms with Gasteiger partial charge in [0.2, 0.25) is 0 Å². The summed E-state index contributed by atoms with van der Waals surface area (Å²) < 4.78 is 0. The van der Waals surface area contributed by atoms with Gasteiger partial charge in [0.15, 0.2) is 0 Å². The summed E-state index contributed by atoms with van der Waals surface area (Å²) in [6.45, 7) is 4.17. The number of hydrogen-bond donors (Lipinski definition) is 2. The molecule has 178 valence electrons. The van der Waals surface area contributed by atoms with Crippen LogP contribution in [0.5, 0.6) is 0 Å². The molecule has 0 radical (unpaired) electrons. The summed E-state index contributed by atoms with van der Waals surface area (Å²) in [6, 6.07) is 10.7. The molecule has 0 spiro atoms. The average Bonchev–Trinajstić information content (AvgIpc) is 3.11. The molecule has 2 saturated carbocycles. The maximum absolute atomic E-state index is 13.6. The third-order valence-electron chi connectivity index (χ3n) is 7.69. The molecule has 1 aromatic carbocycles. The molecule has 0 atom stereocenters. The van der Waals surface area contributed by atoms with Gasteiger partial charge in [0, 0.05) is 29.1 Å². The van der Waals surface area contributed by atoms with Crippen molar-refractivity contribution >= 4 is 29.3 Å². The highest BCUT2D eigenvalue weighted by Gasteiger charge is 2.34. The molecule has 2 heterocycles. The van der Waals surface area contributed by atoms with Gasteiger partial charge in [-0.3, -0.25) is 9.69 Å². The Morgan fingerprint density at radius 2 is 2.06 bits per heavy atom. The second-order valence-electron chi connectivity index (χ2n) is 10.1. The van der Waals surface area contributed by atoms with Crippen molar-refractivity contribution in [3.63, 3.8) is 0 Å². The maximum Gasteiger partial charge on any atom is 0.260 e. The van der Waals surface area contributed by atoms with Crippen LogP contribution in [0.1, 0.15) is 84.8 Å². The number of nitrogens with one attached hydrogen (secondary N) is 2. The molecule has 1 aromatic heterocycles. The summed E-state index contributed by atoms with van der Waals surface area (Å²) in [5.41, 5.74) is 4.54. The number of amides is 1. The van der Waals surface area contributed by atoms with Crippen LogP contribution >= 0.6 is 11.8 Å². The van der Waals surface area contributed by atoms with Gasteiger partial charge in [-0.1, -0.05) is 6.42 Å². The Morgan fingerprint density at radius 1 is 1.24 bits per heavy atom. The summed E-state index contributed by atoms with van der Waals surface area (Å²) in [6.07, 6.45) is 9.84. The van der Waals surface area contributed by atoms with E-state index in [2.05, 4.69) is 54.1 Å². The van der Waals surface area contributed by atoms with Gasteiger partial charge >= 0.3 is 0 Å². The second-order valence-corrected chi connectivity index (χ2v) is 10.9. The number of nitrogens with zero attached hydrogens (tertiary/aromatic N) is 3. The van der Waals surface area contributed by atoms with Gasteiger partial charge in [0.05, 0.1) is 19.0 Å². The van der Waals surface area contributed by atoms with E-state index in [1.54, 1.807) is 11.8 Å². The molecule has 0 unspecified atom stereocenters. The lowest BCUT2D eigenvalue weighted by atomic mass is 9.78. The van der Waals surface area contributed by atoms with E-state index in [-0.39, 0.29) is 11.4 Å². The van der Waals surface area contributed by atoms with Crippen molar-refractivity contribution in [3.05, 3.63) is 46.5 Å². The van der Waals surface area contributed by atoms with Crippen LogP contribution in [-0.4, -0.2) is 29.2 Å². The second kappa shape index (κ2) is 9.59. The van der Waals surface area contributed by atoms with Crippen LogP contribution in [-0.2, 0) is 13.1 Å². The predicted octanol–water partition coefficient (Wildman–Crippen LogP) is 5.59. The minimum atomic E-state index is 0.0308. The van der Waals surface area contributed by atoms with E-state index in [0.29, 0.717) is 31.2 Å². The molecule has 2 aromatic rings. The normalized spacial score (nSPS) is 18.7. The fourth-order valence-electron chi connectivity index (χ4n) is 5.09. The number of anilines is 2. The Hall–Kier alpha value is -2.56. The third-order valence-corrected chi connectivity index (χ3v) is 8.49. The SMILES string of the molecule is CSc1cc(CNC2(C)CCC2)cc2c1CN(c1cc(C3CCC3)cc(NCCC#N)n1)C2=O. The summed E-state index contributed by atoms with van der Waals surface area (Å²) in [5.74, 6) is 2.02. The van der Waals surface area contributed by atoms with Crippen molar-refractivity contribution < 1.29 is 4.79 Å². The first-order valence-electron chi connectivity index (χ1n) is 12.4. The number of thioether (sulfide) groups is 1. The quantitative estimate of drug-likeness (QED) is 0.363. The smallest absolute Gasteiger partial charge is 0.260 e. The van der Waals surface area contributed by atoms with E-state index in [1.165, 1.54) is 54.5 Å². The number of carbonyl (C=O) groups excluding carboxylic acids is 1. The van der Waals surface area contributed by atoms with Crippen molar-refractivity contribution in [2.75, 3.05) is 23.0 Å². The lowest BCUT2D eigenvalue weighted by molar-refractivity contribution is 0.0996. The molecule has 0 saturated heterocycles. The topological polar surface area (TPSA) is 81.0 Å². The van der Waals surface area contributed by atoms with Gasteiger partial charge in [0.1, 0.15) is 11.6 Å². The molecule has 7 heteroatoms. The Morgan fingerprint density at radius 3 is 2.71 bits per heavy atom. The zero-order valence-corrected chi connectivity index (χ0v) is 20.9. The number of benzene rings is 1. The molecule has 5 rings (SSSR count). The fourth-order valence-corrected chi connectivity index (χ4v) is 5.78. The number of nitriles is 1. The highest BCUT2D eigenvalue weighted by atomic mass is 32.2. The van der Waals surface area contributed by atoms with Gasteiger partial charge in [0.25, 0.3) is 5.91 Å². The molecular formula is C27H33N5OS. The minimum absolute atomic E-state index is 0.0308. The van der Waals surface area contributed by atoms with Crippen molar-refractivity contribution in [2.45, 2.75) is 81.3 Å². The van der Waals surface area contributed by atoms with Crippen molar-refractivity contribution in [3.8, 4) is 6.07 Å². The number of hydrogen-bond acceptors (Lipinski definition) is 6. The van der Waals surface area contributed by atoms with Crippen LogP contribution < -0.4 is 15.5 Å². The number of carbonyl (C=O) groups is 1. The zero-order valence-electron chi connectivity index (χ0n) is 20.1. The summed E-state index contributed by atoms with van der Waals surface area (Å²) in [4.78, 5) is 21.4. The molecule has 1 aliphatic heterocycles. The molecule has 2 N–H and O–H groups in total. The van der Waals surface area contributed by atoms with Crippen molar-refractivity contribution in [1.82, 2.24) is 10.3 Å². The third kappa shape index (κ3) is 4.54. The molecule has 34 heavy (non-hydrogen) atoms. The zero-order chi connectivity index (χ0) is 23.7. The molecule has 2 fully saturated rings. The van der Waals surface area contributed by atoms with Gasteiger partial charge < -0.3 is 10.6 Å². The number of rotatable bonds is 9. The van der Waals surface area contributed by atoms with E-state index in [1.807, 2.05) is 4.90 Å². The molecule has 1 amide bonds. The number of fused-ring (bicyclic) bond motifs is 1. The lowest BCUT2D eigenvalue weighted by Crippen LogP contribution is -2.47. The van der Waals surface area contributed by atoms with E-state index in [0.717, 1.165) is 23.5 Å². The van der Waals surface area contributed by atoms with Crippen molar-refractivity contribution in [1.29, 1.82) is 5.26 Å². The highest BCUT2D eigenvalue weighted by Crippen LogP contribution is 2.40. The first kappa shape index (κ1) is 23.2. The van der Waals surface area contributed by atoms with Crippen LogP contribution in [0.3, 0.4) is 0 Å².